The molecule has 2 aromatic rings. The van der Waals surface area contributed by atoms with E-state index in [9.17, 15) is 0 Å². The van der Waals surface area contributed by atoms with Gasteiger partial charge >= 0.3 is 0 Å². The van der Waals surface area contributed by atoms with E-state index < -0.39 is 0 Å². The maximum Gasteiger partial charge on any atom is 0.191 e. The number of aliphatic imine (C=N–C) groups is 1. The predicted octanol–water partition coefficient (Wildman–Crippen LogP) is 4.09. The zero-order chi connectivity index (χ0) is 21.3. The number of hydrogen-bond acceptors (Lipinski definition) is 4. The average Bonchev–Trinajstić information content (AvgIpc) is 3.46. The summed E-state index contributed by atoms with van der Waals surface area (Å²) in [6, 6.07) is 14.0. The van der Waals surface area contributed by atoms with Gasteiger partial charge in [-0.25, -0.2) is 0 Å². The summed E-state index contributed by atoms with van der Waals surface area (Å²) in [4.78, 5) is 10.9. The molecule has 164 valence electrons. The van der Waals surface area contributed by atoms with Crippen LogP contribution in [0, 0.1) is 0 Å². The smallest absolute Gasteiger partial charge is 0.191 e. The van der Waals surface area contributed by atoms with E-state index in [0.717, 1.165) is 25.6 Å². The summed E-state index contributed by atoms with van der Waals surface area (Å²) in [5.41, 5.74) is 2.69. The summed E-state index contributed by atoms with van der Waals surface area (Å²) in [6.07, 6.45) is 2.60. The van der Waals surface area contributed by atoms with Crippen LogP contribution < -0.4 is 10.6 Å². The predicted molar refractivity (Wildman–Crippen MR) is 129 cm³/mol. The Labute approximate surface area is 186 Å². The summed E-state index contributed by atoms with van der Waals surface area (Å²) in [6.45, 7) is 9.44. The maximum atomic E-state index is 4.47. The first-order valence-corrected chi connectivity index (χ1v) is 12.0. The molecule has 0 radical (unpaired) electrons. The third-order valence-corrected chi connectivity index (χ3v) is 6.98. The Morgan fingerprint density at radius 2 is 1.83 bits per heavy atom. The Kier molecular flexibility index (Phi) is 8.73. The average molecular weight is 428 g/mol. The fourth-order valence-corrected chi connectivity index (χ4v) is 4.73. The lowest BCUT2D eigenvalue weighted by Gasteiger charge is -2.27. The summed E-state index contributed by atoms with van der Waals surface area (Å²) in [7, 11) is 4.03. The molecule has 1 saturated heterocycles. The van der Waals surface area contributed by atoms with Gasteiger partial charge in [0.2, 0.25) is 0 Å². The van der Waals surface area contributed by atoms with Gasteiger partial charge in [-0.2, -0.15) is 0 Å². The Hall–Kier alpha value is -1.89. The molecule has 2 heterocycles. The molecular weight excluding hydrogens is 390 g/mol. The monoisotopic (exact) mass is 427 g/mol. The number of nitrogens with zero attached hydrogens (tertiary/aromatic N) is 3. The molecule has 0 aliphatic carbocycles. The summed E-state index contributed by atoms with van der Waals surface area (Å²) < 4.78 is 0. The highest BCUT2D eigenvalue weighted by Gasteiger charge is 2.24. The van der Waals surface area contributed by atoms with Crippen molar-refractivity contribution in [3.8, 4) is 0 Å². The molecule has 6 heteroatoms. The molecule has 2 N–H and O–H groups in total. The van der Waals surface area contributed by atoms with Gasteiger partial charge in [-0.15, -0.1) is 11.3 Å². The van der Waals surface area contributed by atoms with Crippen LogP contribution in [0.25, 0.3) is 0 Å². The standard InChI is InChI=1S/C24H37N5S/c1-19(2)28(4)18-21-11-6-5-10-20(21)16-26-24(25-3)27-17-22(23-12-9-15-30-23)29-13-7-8-14-29/h5-6,9-12,15,19,22H,7-8,13-14,16-18H2,1-4H3,(H2,25,26,27). The van der Waals surface area contributed by atoms with Crippen LogP contribution in [0.2, 0.25) is 0 Å². The zero-order valence-electron chi connectivity index (χ0n) is 18.9. The third kappa shape index (κ3) is 6.30. The van der Waals surface area contributed by atoms with Gasteiger partial charge in [0.1, 0.15) is 0 Å². The minimum atomic E-state index is 0.415. The molecule has 0 spiro atoms. The largest absolute Gasteiger partial charge is 0.354 e. The number of benzene rings is 1. The van der Waals surface area contributed by atoms with E-state index in [2.05, 4.69) is 88.1 Å². The molecule has 0 bridgehead atoms. The van der Waals surface area contributed by atoms with E-state index in [1.165, 1.54) is 41.9 Å². The van der Waals surface area contributed by atoms with E-state index in [4.69, 9.17) is 0 Å². The van der Waals surface area contributed by atoms with Gasteiger partial charge in [-0.05, 0) is 69.4 Å². The third-order valence-electron chi connectivity index (χ3n) is 6.01. The van der Waals surface area contributed by atoms with Crippen molar-refractivity contribution in [3.05, 3.63) is 57.8 Å². The molecule has 3 rings (SSSR count). The van der Waals surface area contributed by atoms with Crippen molar-refractivity contribution < 1.29 is 0 Å². The molecule has 1 aromatic carbocycles. The van der Waals surface area contributed by atoms with Gasteiger partial charge < -0.3 is 10.6 Å². The van der Waals surface area contributed by atoms with Crippen LogP contribution in [0.15, 0.2) is 46.8 Å². The van der Waals surface area contributed by atoms with Crippen LogP contribution in [0.5, 0.6) is 0 Å². The number of nitrogens with one attached hydrogen (secondary N) is 2. The molecule has 1 aromatic heterocycles. The van der Waals surface area contributed by atoms with Crippen LogP contribution in [0.3, 0.4) is 0 Å². The van der Waals surface area contributed by atoms with Crippen molar-refractivity contribution in [3.63, 3.8) is 0 Å². The molecule has 1 atom stereocenters. The van der Waals surface area contributed by atoms with E-state index in [1.807, 2.05) is 18.4 Å². The van der Waals surface area contributed by atoms with E-state index in [-0.39, 0.29) is 0 Å². The minimum Gasteiger partial charge on any atom is -0.354 e. The molecule has 0 saturated carbocycles. The first-order chi connectivity index (χ1) is 14.6. The highest BCUT2D eigenvalue weighted by Crippen LogP contribution is 2.27. The van der Waals surface area contributed by atoms with Crippen LogP contribution in [-0.2, 0) is 13.1 Å². The van der Waals surface area contributed by atoms with Gasteiger partial charge in [-0.3, -0.25) is 14.8 Å². The van der Waals surface area contributed by atoms with Crippen molar-refractivity contribution in [1.82, 2.24) is 20.4 Å². The lowest BCUT2D eigenvalue weighted by atomic mass is 10.1. The maximum absolute atomic E-state index is 4.47. The second-order valence-corrected chi connectivity index (χ2v) is 9.34. The summed E-state index contributed by atoms with van der Waals surface area (Å²) in [5, 5.41) is 9.28. The molecule has 30 heavy (non-hydrogen) atoms. The quantitative estimate of drug-likeness (QED) is 0.467. The number of guanidine groups is 1. The van der Waals surface area contributed by atoms with Gasteiger partial charge in [0.25, 0.3) is 0 Å². The van der Waals surface area contributed by atoms with Crippen LogP contribution in [0.1, 0.15) is 48.7 Å². The number of thiophene rings is 1. The zero-order valence-corrected chi connectivity index (χ0v) is 19.7. The lowest BCUT2D eigenvalue weighted by molar-refractivity contribution is 0.249. The molecule has 1 aliphatic rings. The topological polar surface area (TPSA) is 42.9 Å². The van der Waals surface area contributed by atoms with Crippen molar-refractivity contribution in [2.45, 2.75) is 51.9 Å². The Bertz CT molecular complexity index is 781. The number of rotatable bonds is 9. The van der Waals surface area contributed by atoms with E-state index in [1.54, 1.807) is 0 Å². The van der Waals surface area contributed by atoms with Crippen molar-refractivity contribution >= 4 is 17.3 Å². The molecule has 0 amide bonds. The Morgan fingerprint density at radius 3 is 2.47 bits per heavy atom. The molecule has 1 aliphatic heterocycles. The molecule has 5 nitrogen and oxygen atoms in total. The second kappa shape index (κ2) is 11.5. The SMILES string of the molecule is CN=C(NCc1ccccc1CN(C)C(C)C)NCC(c1cccs1)N1CCCC1. The normalized spacial score (nSPS) is 16.4. The summed E-state index contributed by atoms with van der Waals surface area (Å²) in [5.74, 6) is 0.864. The van der Waals surface area contributed by atoms with E-state index in [0.29, 0.717) is 12.1 Å². The highest BCUT2D eigenvalue weighted by molar-refractivity contribution is 7.10. The van der Waals surface area contributed by atoms with Crippen molar-refractivity contribution in [2.24, 2.45) is 4.99 Å². The van der Waals surface area contributed by atoms with Gasteiger partial charge in [0.15, 0.2) is 5.96 Å². The highest BCUT2D eigenvalue weighted by atomic mass is 32.1. The first kappa shape index (κ1) is 22.8. The number of likely N-dealkylation sites (tertiary alicyclic amines) is 1. The summed E-state index contributed by atoms with van der Waals surface area (Å²) >= 11 is 1.85. The van der Waals surface area contributed by atoms with Gasteiger partial charge in [0.05, 0.1) is 6.04 Å². The molecule has 1 fully saturated rings. The minimum absolute atomic E-state index is 0.415. The Morgan fingerprint density at radius 1 is 1.10 bits per heavy atom. The van der Waals surface area contributed by atoms with E-state index >= 15 is 0 Å². The molecular formula is C24H37N5S. The van der Waals surface area contributed by atoms with Gasteiger partial charge in [0, 0.05) is 37.6 Å². The number of hydrogen-bond donors (Lipinski definition) is 2. The lowest BCUT2D eigenvalue weighted by Crippen LogP contribution is -2.42. The van der Waals surface area contributed by atoms with Crippen molar-refractivity contribution in [1.29, 1.82) is 0 Å². The van der Waals surface area contributed by atoms with Crippen molar-refractivity contribution in [2.75, 3.05) is 33.7 Å². The van der Waals surface area contributed by atoms with Crippen LogP contribution in [-0.4, -0.2) is 55.5 Å². The Balaban J connectivity index is 1.58. The fraction of sp³-hybridized carbons (Fsp3) is 0.542. The molecule has 1 unspecified atom stereocenters. The van der Waals surface area contributed by atoms with Gasteiger partial charge in [-0.1, -0.05) is 30.3 Å². The second-order valence-electron chi connectivity index (χ2n) is 8.36. The fourth-order valence-electron chi connectivity index (χ4n) is 3.87. The first-order valence-electron chi connectivity index (χ1n) is 11.1. The van der Waals surface area contributed by atoms with Crippen LogP contribution >= 0.6 is 11.3 Å². The van der Waals surface area contributed by atoms with Crippen LogP contribution in [0.4, 0.5) is 0 Å².